The Morgan fingerprint density at radius 3 is 2.48 bits per heavy atom. The largest absolute Gasteiger partial charge is 0.490 e. The van der Waals surface area contributed by atoms with Crippen molar-refractivity contribution in [3.05, 3.63) is 58.6 Å². The van der Waals surface area contributed by atoms with Gasteiger partial charge in [-0.25, -0.2) is 0 Å². The number of aliphatic carboxylic acids is 1. The predicted octanol–water partition coefficient (Wildman–Crippen LogP) is 5.72. The van der Waals surface area contributed by atoms with Gasteiger partial charge in [-0.2, -0.15) is 0 Å². The minimum atomic E-state index is -0.866. The Morgan fingerprint density at radius 2 is 1.85 bits per heavy atom. The zero-order chi connectivity index (χ0) is 19.6. The molecule has 2 aromatic carbocycles. The number of carboxylic acids is 1. The second-order valence-corrected chi connectivity index (χ2v) is 6.81. The summed E-state index contributed by atoms with van der Waals surface area (Å²) in [5.41, 5.74) is 1.57. The van der Waals surface area contributed by atoms with Gasteiger partial charge in [0, 0.05) is 0 Å². The van der Waals surface area contributed by atoms with Crippen LogP contribution in [0.2, 0.25) is 5.02 Å². The average Bonchev–Trinajstić information content (AvgIpc) is 2.65. The molecule has 0 aliphatic rings. The minimum Gasteiger partial charge on any atom is -0.490 e. The first-order chi connectivity index (χ1) is 13.1. The topological polar surface area (TPSA) is 55.8 Å². The van der Waals surface area contributed by atoms with Crippen molar-refractivity contribution in [3.63, 3.8) is 0 Å². The highest BCUT2D eigenvalue weighted by atomic mass is 35.5. The van der Waals surface area contributed by atoms with E-state index in [0.717, 1.165) is 30.4 Å². The van der Waals surface area contributed by atoms with Crippen LogP contribution in [0.5, 0.6) is 11.5 Å². The molecule has 0 saturated heterocycles. The summed E-state index contributed by atoms with van der Waals surface area (Å²) in [6.07, 6.45) is 3.49. The number of unbranched alkanes of at least 4 members (excludes halogenated alkanes) is 2. The Kier molecular flexibility index (Phi) is 8.46. The van der Waals surface area contributed by atoms with Crippen LogP contribution in [-0.2, 0) is 11.2 Å². The highest BCUT2D eigenvalue weighted by Gasteiger charge is 2.22. The third-order valence-electron chi connectivity index (χ3n) is 4.30. The van der Waals surface area contributed by atoms with Crippen molar-refractivity contribution in [2.75, 3.05) is 13.2 Å². The molecule has 0 aliphatic carbocycles. The average molecular weight is 391 g/mol. The van der Waals surface area contributed by atoms with Gasteiger partial charge in [-0.05, 0) is 43.0 Å². The number of hydrogen-bond acceptors (Lipinski definition) is 3. The van der Waals surface area contributed by atoms with Crippen molar-refractivity contribution in [2.24, 2.45) is 0 Å². The molecule has 0 radical (unpaired) electrons. The van der Waals surface area contributed by atoms with Gasteiger partial charge in [-0.15, -0.1) is 0 Å². The van der Waals surface area contributed by atoms with E-state index in [1.807, 2.05) is 43.3 Å². The number of benzene rings is 2. The molecule has 1 unspecified atom stereocenters. The molecule has 0 fully saturated rings. The Morgan fingerprint density at radius 1 is 1.11 bits per heavy atom. The normalized spacial score (nSPS) is 11.8. The van der Waals surface area contributed by atoms with E-state index < -0.39 is 11.9 Å². The van der Waals surface area contributed by atoms with Gasteiger partial charge in [-0.3, -0.25) is 4.79 Å². The fourth-order valence-corrected chi connectivity index (χ4v) is 3.23. The maximum atomic E-state index is 11.8. The number of hydrogen-bond donors (Lipinski definition) is 1. The molecule has 146 valence electrons. The summed E-state index contributed by atoms with van der Waals surface area (Å²) in [6.45, 7) is 5.09. The number of ether oxygens (including phenoxy) is 2. The highest BCUT2D eigenvalue weighted by Crippen LogP contribution is 2.38. The number of carbonyl (C=O) groups is 1. The monoisotopic (exact) mass is 390 g/mol. The third-order valence-corrected chi connectivity index (χ3v) is 4.58. The summed E-state index contributed by atoms with van der Waals surface area (Å²) in [5.74, 6) is -0.415. The molecule has 5 heteroatoms. The minimum absolute atomic E-state index is 0.329. The van der Waals surface area contributed by atoms with Crippen LogP contribution in [0.25, 0.3) is 0 Å². The maximum absolute atomic E-state index is 11.8. The van der Waals surface area contributed by atoms with Crippen molar-refractivity contribution < 1.29 is 19.4 Å². The molecule has 1 atom stereocenters. The van der Waals surface area contributed by atoms with Crippen molar-refractivity contribution in [3.8, 4) is 11.5 Å². The molecule has 0 amide bonds. The van der Waals surface area contributed by atoms with Gasteiger partial charge in [0.15, 0.2) is 11.5 Å². The van der Waals surface area contributed by atoms with E-state index in [-0.39, 0.29) is 0 Å². The molecule has 0 aromatic heterocycles. The van der Waals surface area contributed by atoms with Crippen LogP contribution < -0.4 is 9.47 Å². The van der Waals surface area contributed by atoms with Crippen LogP contribution in [0.15, 0.2) is 42.5 Å². The second kappa shape index (κ2) is 10.8. The summed E-state index contributed by atoms with van der Waals surface area (Å²) in [6, 6.07) is 12.8. The van der Waals surface area contributed by atoms with Crippen LogP contribution in [0, 0.1) is 0 Å². The summed E-state index contributed by atoms with van der Waals surface area (Å²) in [7, 11) is 0. The Hall–Kier alpha value is -2.20. The molecule has 27 heavy (non-hydrogen) atoms. The Labute approximate surface area is 166 Å². The Balaban J connectivity index is 2.24. The third kappa shape index (κ3) is 6.17. The van der Waals surface area contributed by atoms with Crippen molar-refractivity contribution >= 4 is 17.6 Å². The lowest BCUT2D eigenvalue weighted by Crippen LogP contribution is -2.14. The maximum Gasteiger partial charge on any atom is 0.311 e. The SMILES string of the molecule is CCCCCOc1c(Cl)cc(CC(C(=O)O)c2ccccc2)cc1OCC. The lowest BCUT2D eigenvalue weighted by Gasteiger charge is -2.17. The second-order valence-electron chi connectivity index (χ2n) is 6.40. The zero-order valence-corrected chi connectivity index (χ0v) is 16.7. The quantitative estimate of drug-likeness (QED) is 0.498. The molecule has 0 spiro atoms. The van der Waals surface area contributed by atoms with Gasteiger partial charge < -0.3 is 14.6 Å². The number of carboxylic acid groups (broad SMARTS) is 1. The van der Waals surface area contributed by atoms with E-state index in [1.54, 1.807) is 6.07 Å². The van der Waals surface area contributed by atoms with Crippen LogP contribution in [-0.4, -0.2) is 24.3 Å². The standard InChI is InChI=1S/C22H27ClO4/c1-3-5-9-12-27-21-19(23)14-16(15-20(21)26-4-2)13-18(22(24)25)17-10-7-6-8-11-17/h6-8,10-11,14-15,18H,3-5,9,12-13H2,1-2H3,(H,24,25). The number of halogens is 1. The van der Waals surface area contributed by atoms with Gasteiger partial charge in [-0.1, -0.05) is 61.7 Å². The molecule has 2 rings (SSSR count). The number of rotatable bonds is 11. The van der Waals surface area contributed by atoms with Crippen molar-refractivity contribution in [1.82, 2.24) is 0 Å². The van der Waals surface area contributed by atoms with E-state index in [4.69, 9.17) is 21.1 Å². The lowest BCUT2D eigenvalue weighted by atomic mass is 9.92. The molecular weight excluding hydrogens is 364 g/mol. The summed E-state index contributed by atoms with van der Waals surface area (Å²) < 4.78 is 11.5. The molecule has 1 N–H and O–H groups in total. The predicted molar refractivity (Wildman–Crippen MR) is 108 cm³/mol. The fourth-order valence-electron chi connectivity index (χ4n) is 2.94. The first-order valence-corrected chi connectivity index (χ1v) is 9.80. The van der Waals surface area contributed by atoms with Crippen LogP contribution >= 0.6 is 11.6 Å². The first kappa shape index (κ1) is 21.1. The van der Waals surface area contributed by atoms with Crippen molar-refractivity contribution in [2.45, 2.75) is 45.4 Å². The molecule has 2 aromatic rings. The van der Waals surface area contributed by atoms with E-state index in [1.165, 1.54) is 0 Å². The van der Waals surface area contributed by atoms with Crippen molar-refractivity contribution in [1.29, 1.82) is 0 Å². The molecule has 0 aliphatic heterocycles. The van der Waals surface area contributed by atoms with Crippen LogP contribution in [0.4, 0.5) is 0 Å². The van der Waals surface area contributed by atoms with Crippen LogP contribution in [0.3, 0.4) is 0 Å². The van der Waals surface area contributed by atoms with Gasteiger partial charge in [0.05, 0.1) is 24.2 Å². The molecule has 0 saturated carbocycles. The van der Waals surface area contributed by atoms with Gasteiger partial charge in [0.2, 0.25) is 0 Å². The lowest BCUT2D eigenvalue weighted by molar-refractivity contribution is -0.138. The molecule has 0 bridgehead atoms. The Bertz CT molecular complexity index is 731. The summed E-state index contributed by atoms with van der Waals surface area (Å²) >= 11 is 6.44. The van der Waals surface area contributed by atoms with Gasteiger partial charge in [0.1, 0.15) is 0 Å². The fraction of sp³-hybridized carbons (Fsp3) is 0.409. The van der Waals surface area contributed by atoms with Gasteiger partial charge in [0.25, 0.3) is 0 Å². The van der Waals surface area contributed by atoms with E-state index >= 15 is 0 Å². The van der Waals surface area contributed by atoms with Crippen LogP contribution in [0.1, 0.15) is 50.2 Å². The van der Waals surface area contributed by atoms with E-state index in [9.17, 15) is 9.90 Å². The zero-order valence-electron chi connectivity index (χ0n) is 15.9. The summed E-state index contributed by atoms with van der Waals surface area (Å²) in [5, 5.41) is 10.1. The van der Waals surface area contributed by atoms with E-state index in [2.05, 4.69) is 6.92 Å². The van der Waals surface area contributed by atoms with Gasteiger partial charge >= 0.3 is 5.97 Å². The molecular formula is C22H27ClO4. The molecule has 4 nitrogen and oxygen atoms in total. The summed E-state index contributed by atoms with van der Waals surface area (Å²) in [4.78, 5) is 11.8. The van der Waals surface area contributed by atoms with E-state index in [0.29, 0.717) is 36.2 Å². The first-order valence-electron chi connectivity index (χ1n) is 9.42. The highest BCUT2D eigenvalue weighted by molar-refractivity contribution is 6.32. The molecule has 0 heterocycles. The smallest absolute Gasteiger partial charge is 0.311 e.